The Labute approximate surface area is 159 Å². The van der Waals surface area contributed by atoms with E-state index in [4.69, 9.17) is 0 Å². The van der Waals surface area contributed by atoms with Gasteiger partial charge >= 0.3 is 0 Å². The highest BCUT2D eigenvalue weighted by atomic mass is 19.1. The lowest BCUT2D eigenvalue weighted by atomic mass is 9.77. The fraction of sp³-hybridized carbons (Fsp3) is 0.333. The van der Waals surface area contributed by atoms with Gasteiger partial charge in [-0.1, -0.05) is 17.9 Å². The maximum atomic E-state index is 14.5. The minimum absolute atomic E-state index is 0.202. The maximum absolute atomic E-state index is 14.5. The van der Waals surface area contributed by atoms with Crippen LogP contribution in [-0.2, 0) is 0 Å². The number of hydrogen-bond acceptors (Lipinski definition) is 0. The summed E-state index contributed by atoms with van der Waals surface area (Å²) in [5.74, 6) is 4.49. The minimum Gasteiger partial charge on any atom is -0.207 e. The lowest BCUT2D eigenvalue weighted by Crippen LogP contribution is -2.14. The molecule has 1 fully saturated rings. The van der Waals surface area contributed by atoms with Crippen molar-refractivity contribution < 1.29 is 13.2 Å². The third-order valence-electron chi connectivity index (χ3n) is 5.34. The van der Waals surface area contributed by atoms with Crippen LogP contribution in [0.4, 0.5) is 13.2 Å². The van der Waals surface area contributed by atoms with E-state index in [0.29, 0.717) is 11.5 Å². The molecule has 0 unspecified atom stereocenters. The predicted molar refractivity (Wildman–Crippen MR) is 103 cm³/mol. The van der Waals surface area contributed by atoms with E-state index in [0.717, 1.165) is 44.1 Å². The summed E-state index contributed by atoms with van der Waals surface area (Å²) in [7, 11) is 0. The van der Waals surface area contributed by atoms with E-state index in [1.807, 2.05) is 6.08 Å². The predicted octanol–water partition coefficient (Wildman–Crippen LogP) is 6.74. The number of rotatable bonds is 4. The Hall–Kier alpha value is -2.47. The molecule has 0 spiro atoms. The molecule has 0 saturated heterocycles. The second-order valence-corrected chi connectivity index (χ2v) is 7.20. The van der Waals surface area contributed by atoms with Gasteiger partial charge in [0.15, 0.2) is 0 Å². The van der Waals surface area contributed by atoms with Crippen molar-refractivity contribution in [1.29, 1.82) is 0 Å². The van der Waals surface area contributed by atoms with Crippen molar-refractivity contribution >= 4 is 0 Å². The Balaban J connectivity index is 1.72. The van der Waals surface area contributed by atoms with Crippen LogP contribution in [-0.4, -0.2) is 0 Å². The van der Waals surface area contributed by atoms with Gasteiger partial charge in [0.25, 0.3) is 0 Å². The molecule has 1 saturated carbocycles. The molecule has 3 rings (SSSR count). The van der Waals surface area contributed by atoms with Crippen molar-refractivity contribution in [1.82, 2.24) is 0 Å². The Morgan fingerprint density at radius 1 is 0.926 bits per heavy atom. The molecule has 0 nitrogen and oxygen atoms in total. The summed E-state index contributed by atoms with van der Waals surface area (Å²) in [5.41, 5.74) is 0.999. The van der Waals surface area contributed by atoms with Gasteiger partial charge in [-0.2, -0.15) is 0 Å². The summed E-state index contributed by atoms with van der Waals surface area (Å²) < 4.78 is 41.8. The first kappa shape index (κ1) is 19.3. The largest absolute Gasteiger partial charge is 0.207 e. The van der Waals surface area contributed by atoms with E-state index in [9.17, 15) is 13.2 Å². The summed E-state index contributed by atoms with van der Waals surface area (Å²) in [4.78, 5) is 0. The van der Waals surface area contributed by atoms with Gasteiger partial charge in [0.2, 0.25) is 0 Å². The molecule has 2 aromatic rings. The van der Waals surface area contributed by atoms with Gasteiger partial charge in [-0.15, -0.1) is 6.58 Å². The smallest absolute Gasteiger partial charge is 0.142 e. The van der Waals surface area contributed by atoms with E-state index in [1.54, 1.807) is 0 Å². The second kappa shape index (κ2) is 8.95. The maximum Gasteiger partial charge on any atom is 0.142 e. The SMILES string of the molecule is C=CCCC1CCC(c2cc(F)c(C#Cc3ccc(F)cc3)c(F)c2)CC1. The number of hydrogen-bond donors (Lipinski definition) is 0. The fourth-order valence-electron chi connectivity index (χ4n) is 3.75. The Morgan fingerprint density at radius 2 is 1.56 bits per heavy atom. The standard InChI is InChI=1S/C24H23F3/c1-2-3-4-17-5-10-19(11-6-17)20-15-23(26)22(24(27)16-20)14-9-18-7-12-21(25)13-8-18/h2,7-8,12-13,15-17,19H,1,3-6,10-11H2. The van der Waals surface area contributed by atoms with E-state index in [-0.39, 0.29) is 17.3 Å². The van der Waals surface area contributed by atoms with Gasteiger partial charge in [0, 0.05) is 5.56 Å². The lowest BCUT2D eigenvalue weighted by Gasteiger charge is -2.28. The summed E-state index contributed by atoms with van der Waals surface area (Å²) in [6.07, 6.45) is 8.23. The zero-order valence-electron chi connectivity index (χ0n) is 15.3. The van der Waals surface area contributed by atoms with Gasteiger partial charge in [0.05, 0.1) is 5.56 Å². The quantitative estimate of drug-likeness (QED) is 0.414. The normalized spacial score (nSPS) is 19.2. The average molecular weight is 368 g/mol. The molecule has 0 amide bonds. The molecule has 1 aliphatic carbocycles. The van der Waals surface area contributed by atoms with Crippen molar-refractivity contribution in [3.63, 3.8) is 0 Å². The van der Waals surface area contributed by atoms with Gasteiger partial charge < -0.3 is 0 Å². The molecule has 0 atom stereocenters. The molecule has 0 aliphatic heterocycles. The molecule has 0 N–H and O–H groups in total. The Kier molecular flexibility index (Phi) is 6.40. The van der Waals surface area contributed by atoms with Crippen LogP contribution in [0.15, 0.2) is 49.1 Å². The molecule has 0 bridgehead atoms. The Morgan fingerprint density at radius 3 is 2.15 bits per heavy atom. The van der Waals surface area contributed by atoms with E-state index >= 15 is 0 Å². The third kappa shape index (κ3) is 5.04. The van der Waals surface area contributed by atoms with Gasteiger partial charge in [-0.05, 0) is 92.3 Å². The molecule has 3 heteroatoms. The monoisotopic (exact) mass is 368 g/mol. The van der Waals surface area contributed by atoms with Gasteiger partial charge in [-0.25, -0.2) is 13.2 Å². The van der Waals surface area contributed by atoms with Crippen LogP contribution in [0.5, 0.6) is 0 Å². The minimum atomic E-state index is -0.631. The highest BCUT2D eigenvalue weighted by Crippen LogP contribution is 2.38. The number of benzene rings is 2. The zero-order valence-corrected chi connectivity index (χ0v) is 15.3. The highest BCUT2D eigenvalue weighted by Gasteiger charge is 2.23. The van der Waals surface area contributed by atoms with E-state index in [1.165, 1.54) is 36.4 Å². The molecule has 2 aromatic carbocycles. The first-order valence-electron chi connectivity index (χ1n) is 9.44. The first-order valence-corrected chi connectivity index (χ1v) is 9.44. The van der Waals surface area contributed by atoms with Crippen molar-refractivity contribution in [2.75, 3.05) is 0 Å². The van der Waals surface area contributed by atoms with Crippen LogP contribution in [0.25, 0.3) is 0 Å². The molecule has 0 aromatic heterocycles. The molecule has 0 heterocycles. The van der Waals surface area contributed by atoms with Crippen molar-refractivity contribution in [2.45, 2.75) is 44.4 Å². The molecule has 27 heavy (non-hydrogen) atoms. The van der Waals surface area contributed by atoms with Crippen LogP contribution in [0.2, 0.25) is 0 Å². The van der Waals surface area contributed by atoms with Crippen molar-refractivity contribution in [3.05, 3.63) is 83.2 Å². The summed E-state index contributed by atoms with van der Waals surface area (Å²) in [6, 6.07) is 8.35. The molecule has 1 aliphatic rings. The van der Waals surface area contributed by atoms with Crippen LogP contribution < -0.4 is 0 Å². The van der Waals surface area contributed by atoms with Gasteiger partial charge in [-0.3, -0.25) is 0 Å². The topological polar surface area (TPSA) is 0 Å². The van der Waals surface area contributed by atoms with Crippen LogP contribution >= 0.6 is 0 Å². The highest BCUT2D eigenvalue weighted by molar-refractivity contribution is 5.45. The lowest BCUT2D eigenvalue weighted by molar-refractivity contribution is 0.311. The van der Waals surface area contributed by atoms with Crippen LogP contribution in [0.1, 0.15) is 61.1 Å². The van der Waals surface area contributed by atoms with E-state index in [2.05, 4.69) is 18.4 Å². The third-order valence-corrected chi connectivity index (χ3v) is 5.34. The van der Waals surface area contributed by atoms with Crippen LogP contribution in [0.3, 0.4) is 0 Å². The number of allylic oxidation sites excluding steroid dienone is 1. The first-order chi connectivity index (χ1) is 13.1. The van der Waals surface area contributed by atoms with Crippen molar-refractivity contribution in [3.8, 4) is 11.8 Å². The fourth-order valence-corrected chi connectivity index (χ4v) is 3.75. The zero-order chi connectivity index (χ0) is 19.2. The number of halogens is 3. The molecular formula is C24H23F3. The molecular weight excluding hydrogens is 345 g/mol. The summed E-state index contributed by atoms with van der Waals surface area (Å²) in [5, 5.41) is 0. The summed E-state index contributed by atoms with van der Waals surface area (Å²) in [6.45, 7) is 3.76. The molecule has 140 valence electrons. The average Bonchev–Trinajstić information content (AvgIpc) is 2.67. The molecule has 0 radical (unpaired) electrons. The Bertz CT molecular complexity index is 824. The second-order valence-electron chi connectivity index (χ2n) is 7.20. The van der Waals surface area contributed by atoms with Crippen molar-refractivity contribution in [2.24, 2.45) is 5.92 Å². The van der Waals surface area contributed by atoms with Crippen LogP contribution in [0, 0.1) is 35.2 Å². The van der Waals surface area contributed by atoms with E-state index < -0.39 is 11.6 Å². The summed E-state index contributed by atoms with van der Waals surface area (Å²) >= 11 is 0. The van der Waals surface area contributed by atoms with Gasteiger partial charge in [0.1, 0.15) is 17.5 Å².